The number of carbonyl (C=O) groups is 1. The molecular formula is C16H16N4O4. The number of aryl methyl sites for hydroxylation is 3. The van der Waals surface area contributed by atoms with E-state index in [0.29, 0.717) is 11.3 Å². The van der Waals surface area contributed by atoms with Crippen LogP contribution in [-0.2, 0) is 7.05 Å². The average Bonchev–Trinajstić information content (AvgIpc) is 2.89. The number of hydrogen-bond acceptors (Lipinski definition) is 6. The minimum absolute atomic E-state index is 0.00478. The van der Waals surface area contributed by atoms with Gasteiger partial charge >= 0.3 is 11.6 Å². The van der Waals surface area contributed by atoms with Crippen LogP contribution >= 0.6 is 0 Å². The minimum Gasteiger partial charge on any atom is -0.467 e. The Morgan fingerprint density at radius 3 is 2.67 bits per heavy atom. The van der Waals surface area contributed by atoms with Gasteiger partial charge in [0.1, 0.15) is 5.58 Å². The van der Waals surface area contributed by atoms with Crippen molar-refractivity contribution in [1.29, 1.82) is 0 Å². The lowest BCUT2D eigenvalue weighted by Gasteiger charge is -2.09. The van der Waals surface area contributed by atoms with E-state index in [0.717, 1.165) is 16.5 Å². The second-order valence-electron chi connectivity index (χ2n) is 5.41. The number of methoxy groups -OCH3 is 1. The number of carbonyl (C=O) groups excluding carboxylic acids is 1. The lowest BCUT2D eigenvalue weighted by atomic mass is 10.1. The normalized spacial score (nSPS) is 10.8. The number of anilines is 1. The summed E-state index contributed by atoms with van der Waals surface area (Å²) in [5.41, 5.74) is 2.20. The molecule has 0 spiro atoms. The standard InChI is InChI=1S/C16H16N4O4/c1-8-6-13(21)24-12-5-9(2)11(7-10(8)12)17-15(22)14-18-16(23-4)20(3)19-14/h5-7H,1-4H3,(H,17,22). The van der Waals surface area contributed by atoms with Gasteiger partial charge in [0.15, 0.2) is 0 Å². The summed E-state index contributed by atoms with van der Waals surface area (Å²) in [4.78, 5) is 27.8. The van der Waals surface area contributed by atoms with Gasteiger partial charge in [-0.05, 0) is 37.1 Å². The van der Waals surface area contributed by atoms with Gasteiger partial charge in [-0.1, -0.05) is 0 Å². The molecule has 1 N–H and O–H groups in total. The van der Waals surface area contributed by atoms with Crippen LogP contribution in [0.15, 0.2) is 27.4 Å². The molecule has 0 atom stereocenters. The topological polar surface area (TPSA) is 99.2 Å². The second-order valence-corrected chi connectivity index (χ2v) is 5.41. The van der Waals surface area contributed by atoms with Gasteiger partial charge in [0.25, 0.3) is 5.91 Å². The van der Waals surface area contributed by atoms with Crippen molar-refractivity contribution in [3.63, 3.8) is 0 Å². The minimum atomic E-state index is -0.452. The molecule has 0 radical (unpaired) electrons. The smallest absolute Gasteiger partial charge is 0.336 e. The lowest BCUT2D eigenvalue weighted by Crippen LogP contribution is -2.15. The molecule has 1 amide bonds. The molecular weight excluding hydrogens is 312 g/mol. The first-order valence-electron chi connectivity index (χ1n) is 7.20. The number of nitrogens with zero attached hydrogens (tertiary/aromatic N) is 3. The monoisotopic (exact) mass is 328 g/mol. The lowest BCUT2D eigenvalue weighted by molar-refractivity contribution is 0.101. The van der Waals surface area contributed by atoms with Gasteiger partial charge in [-0.2, -0.15) is 4.98 Å². The van der Waals surface area contributed by atoms with Crippen LogP contribution in [0.2, 0.25) is 0 Å². The van der Waals surface area contributed by atoms with Crippen LogP contribution < -0.4 is 15.7 Å². The van der Waals surface area contributed by atoms with Gasteiger partial charge in [-0.3, -0.25) is 4.79 Å². The fourth-order valence-electron chi connectivity index (χ4n) is 2.42. The highest BCUT2D eigenvalue weighted by Gasteiger charge is 2.17. The van der Waals surface area contributed by atoms with Gasteiger partial charge < -0.3 is 14.5 Å². The third kappa shape index (κ3) is 2.73. The molecule has 24 heavy (non-hydrogen) atoms. The molecule has 1 aromatic carbocycles. The van der Waals surface area contributed by atoms with Gasteiger partial charge in [0.05, 0.1) is 7.11 Å². The molecule has 0 unspecified atom stereocenters. The maximum atomic E-state index is 12.3. The summed E-state index contributed by atoms with van der Waals surface area (Å²) in [5, 5.41) is 7.53. The molecule has 8 nitrogen and oxygen atoms in total. The molecule has 124 valence electrons. The Labute approximate surface area is 137 Å². The number of amides is 1. The first-order valence-corrected chi connectivity index (χ1v) is 7.20. The van der Waals surface area contributed by atoms with Crippen molar-refractivity contribution in [3.05, 3.63) is 45.6 Å². The largest absolute Gasteiger partial charge is 0.467 e. The molecule has 0 fully saturated rings. The highest BCUT2D eigenvalue weighted by Crippen LogP contribution is 2.25. The molecule has 0 saturated heterocycles. The van der Waals surface area contributed by atoms with Crippen molar-refractivity contribution >= 4 is 22.6 Å². The molecule has 2 aromatic heterocycles. The Hall–Kier alpha value is -3.16. The highest BCUT2D eigenvalue weighted by atomic mass is 16.5. The quantitative estimate of drug-likeness (QED) is 0.736. The van der Waals surface area contributed by atoms with E-state index in [4.69, 9.17) is 9.15 Å². The van der Waals surface area contributed by atoms with E-state index < -0.39 is 11.5 Å². The Balaban J connectivity index is 1.98. The van der Waals surface area contributed by atoms with Gasteiger partial charge in [0, 0.05) is 24.2 Å². The van der Waals surface area contributed by atoms with E-state index in [1.807, 2.05) is 13.8 Å². The summed E-state index contributed by atoms with van der Waals surface area (Å²) in [6.45, 7) is 3.62. The van der Waals surface area contributed by atoms with Crippen molar-refractivity contribution in [1.82, 2.24) is 14.8 Å². The Morgan fingerprint density at radius 2 is 2.00 bits per heavy atom. The van der Waals surface area contributed by atoms with E-state index in [1.165, 1.54) is 17.9 Å². The molecule has 0 saturated carbocycles. The van der Waals surface area contributed by atoms with Gasteiger partial charge in [-0.25, -0.2) is 9.48 Å². The van der Waals surface area contributed by atoms with E-state index in [2.05, 4.69) is 15.4 Å². The van der Waals surface area contributed by atoms with Gasteiger partial charge in [0.2, 0.25) is 5.82 Å². The first-order chi connectivity index (χ1) is 11.4. The summed E-state index contributed by atoms with van der Waals surface area (Å²) < 4.78 is 11.6. The van der Waals surface area contributed by atoms with Crippen LogP contribution in [0.5, 0.6) is 6.01 Å². The molecule has 0 bridgehead atoms. The molecule has 3 aromatic rings. The zero-order valence-corrected chi connectivity index (χ0v) is 13.7. The number of hydrogen-bond donors (Lipinski definition) is 1. The molecule has 0 aliphatic carbocycles. The third-order valence-electron chi connectivity index (χ3n) is 3.65. The Bertz CT molecular complexity index is 1000. The fourth-order valence-corrected chi connectivity index (χ4v) is 2.42. The fraction of sp³-hybridized carbons (Fsp3) is 0.250. The van der Waals surface area contributed by atoms with Gasteiger partial charge in [-0.15, -0.1) is 5.10 Å². The summed E-state index contributed by atoms with van der Waals surface area (Å²) >= 11 is 0. The Morgan fingerprint density at radius 1 is 1.25 bits per heavy atom. The third-order valence-corrected chi connectivity index (χ3v) is 3.65. The van der Waals surface area contributed by atoms with Crippen LogP contribution in [0.25, 0.3) is 11.0 Å². The van der Waals surface area contributed by atoms with Crippen molar-refractivity contribution in [3.8, 4) is 6.01 Å². The van der Waals surface area contributed by atoms with Crippen molar-refractivity contribution in [2.45, 2.75) is 13.8 Å². The van der Waals surface area contributed by atoms with E-state index in [-0.39, 0.29) is 11.8 Å². The SMILES string of the molecule is COc1nc(C(=O)Nc2cc3c(C)cc(=O)oc3cc2C)nn1C. The second kappa shape index (κ2) is 5.80. The summed E-state index contributed by atoms with van der Waals surface area (Å²) in [7, 11) is 3.09. The van der Waals surface area contributed by atoms with Crippen LogP contribution in [0.4, 0.5) is 5.69 Å². The number of fused-ring (bicyclic) bond motifs is 1. The van der Waals surface area contributed by atoms with Crippen LogP contribution in [-0.4, -0.2) is 27.8 Å². The summed E-state index contributed by atoms with van der Waals surface area (Å²) in [6.07, 6.45) is 0. The van der Waals surface area contributed by atoms with Crippen molar-refractivity contribution in [2.24, 2.45) is 7.05 Å². The maximum absolute atomic E-state index is 12.3. The summed E-state index contributed by atoms with van der Waals surface area (Å²) in [6, 6.07) is 5.13. The van der Waals surface area contributed by atoms with Crippen molar-refractivity contribution < 1.29 is 13.9 Å². The molecule has 0 aliphatic heterocycles. The Kier molecular flexibility index (Phi) is 3.80. The zero-order valence-electron chi connectivity index (χ0n) is 13.7. The number of nitrogens with one attached hydrogen (secondary N) is 1. The molecule has 3 rings (SSSR count). The molecule has 8 heteroatoms. The number of rotatable bonds is 3. The van der Waals surface area contributed by atoms with E-state index >= 15 is 0 Å². The summed E-state index contributed by atoms with van der Waals surface area (Å²) in [5.74, 6) is -0.448. The number of ether oxygens (including phenoxy) is 1. The highest BCUT2D eigenvalue weighted by molar-refractivity contribution is 6.03. The number of aromatic nitrogens is 3. The number of benzene rings is 1. The average molecular weight is 328 g/mol. The van der Waals surface area contributed by atoms with E-state index in [1.54, 1.807) is 19.2 Å². The van der Waals surface area contributed by atoms with Crippen LogP contribution in [0.1, 0.15) is 21.7 Å². The molecule has 0 aliphatic rings. The zero-order chi connectivity index (χ0) is 17.4. The van der Waals surface area contributed by atoms with Crippen LogP contribution in [0.3, 0.4) is 0 Å². The van der Waals surface area contributed by atoms with Crippen molar-refractivity contribution in [2.75, 3.05) is 12.4 Å². The first kappa shape index (κ1) is 15.7. The predicted molar refractivity (Wildman–Crippen MR) is 87.5 cm³/mol. The molecule has 2 heterocycles. The van der Waals surface area contributed by atoms with E-state index in [9.17, 15) is 9.59 Å². The van der Waals surface area contributed by atoms with Crippen LogP contribution in [0, 0.1) is 13.8 Å². The predicted octanol–water partition coefficient (Wildman–Crippen LogP) is 1.80. The maximum Gasteiger partial charge on any atom is 0.336 e.